The van der Waals surface area contributed by atoms with Crippen molar-refractivity contribution >= 4 is 22.5 Å². The van der Waals surface area contributed by atoms with Crippen molar-refractivity contribution in [3.05, 3.63) is 0 Å². The number of hydrogen-bond acceptors (Lipinski definition) is 0. The van der Waals surface area contributed by atoms with Gasteiger partial charge in [0.05, 0.1) is 0 Å². The Labute approximate surface area is 37.4 Å². The quantitative estimate of drug-likeness (QED) is 0.343. The van der Waals surface area contributed by atoms with Gasteiger partial charge >= 0.3 is 0 Å². The molecule has 5 radical (unpaired) electrons. The van der Waals surface area contributed by atoms with Crippen LogP contribution in [0.1, 0.15) is 13.8 Å². The zero-order valence-corrected chi connectivity index (χ0v) is 3.73. The maximum absolute atomic E-state index is 4.50. The molecule has 0 nitrogen and oxygen atoms in total. The molecule has 0 N–H and O–H groups in total. The summed E-state index contributed by atoms with van der Waals surface area (Å²) in [4.78, 5) is 0. The van der Waals surface area contributed by atoms with E-state index in [0.29, 0.717) is 0 Å². The van der Waals surface area contributed by atoms with E-state index in [-0.39, 0.29) is 0 Å². The molecular weight excluding hydrogens is 56.5 g/mol. The Hall–Kier alpha value is 0.195. The van der Waals surface area contributed by atoms with E-state index in [1.165, 1.54) is 0 Å². The highest BCUT2D eigenvalue weighted by Crippen LogP contribution is 1.14. The molecule has 0 aliphatic heterocycles. The minimum absolute atomic E-state index is 1.00. The molecule has 3 heteroatoms. The molecule has 0 atom stereocenters. The molecule has 0 rings (SSSR count). The molecule has 0 unspecified atom stereocenters. The molecule has 0 aromatic heterocycles. The monoisotopic (exact) mass is 63.1 g/mol. The molecule has 0 aromatic carbocycles. The molecule has 0 spiro atoms. The fraction of sp³-hybridized carbons (Fsp3) is 1.00. The number of rotatable bonds is 0. The molecule has 0 fully saturated rings. The van der Waals surface area contributed by atoms with Crippen LogP contribution in [0.15, 0.2) is 0 Å². The van der Waals surface area contributed by atoms with Gasteiger partial charge in [0.15, 0.2) is 0 Å². The molecule has 0 amide bonds. The zero-order valence-electron chi connectivity index (χ0n) is 3.73. The van der Waals surface area contributed by atoms with Crippen LogP contribution in [0.5, 0.6) is 0 Å². The fourth-order valence-corrected chi connectivity index (χ4v) is 0. The topological polar surface area (TPSA) is 0 Å². The third-order valence-corrected chi connectivity index (χ3v) is 0. The molecular formula is C2H6B3. The molecule has 0 heterocycles. The van der Waals surface area contributed by atoms with Gasteiger partial charge in [0, 0.05) is 22.5 Å². The first-order chi connectivity index (χ1) is 2.41. The molecule has 0 aliphatic rings. The van der Waals surface area contributed by atoms with Crippen LogP contribution in [-0.4, -0.2) is 22.5 Å². The van der Waals surface area contributed by atoms with Crippen LogP contribution in [-0.2, 0) is 0 Å². The number of hydrogen-bond donors (Lipinski definition) is 0. The van der Waals surface area contributed by atoms with Crippen LogP contribution in [0.2, 0.25) is 0 Å². The Bertz CT molecular complexity index is 4.85. The van der Waals surface area contributed by atoms with Crippen LogP contribution in [0.3, 0.4) is 0 Å². The van der Waals surface area contributed by atoms with Crippen LogP contribution in [0.25, 0.3) is 0 Å². The average Bonchev–Trinajstić information content (AvgIpc) is 1.46. The van der Waals surface area contributed by atoms with Crippen molar-refractivity contribution < 1.29 is 0 Å². The lowest BCUT2D eigenvalue weighted by Gasteiger charge is -1.41. The molecule has 23 valence electrons. The lowest BCUT2D eigenvalue weighted by atomic mass is 9.40. The van der Waals surface area contributed by atoms with Crippen molar-refractivity contribution in [2.75, 3.05) is 0 Å². The second-order valence-electron chi connectivity index (χ2n) is 0.192. The summed E-state index contributed by atoms with van der Waals surface area (Å²) in [6, 6.07) is 0. The van der Waals surface area contributed by atoms with Gasteiger partial charge < -0.3 is 0 Å². The Kier molecular flexibility index (Phi) is 53.7. The Morgan fingerprint density at radius 1 is 1.20 bits per heavy atom. The van der Waals surface area contributed by atoms with Crippen molar-refractivity contribution in [3.63, 3.8) is 0 Å². The summed E-state index contributed by atoms with van der Waals surface area (Å²) in [6.07, 6.45) is 0. The average molecular weight is 62.5 g/mol. The summed E-state index contributed by atoms with van der Waals surface area (Å²) >= 11 is 0. The molecule has 0 saturated carbocycles. The summed E-state index contributed by atoms with van der Waals surface area (Å²) in [5, 5.41) is 0. The van der Waals surface area contributed by atoms with Crippen molar-refractivity contribution in [2.24, 2.45) is 0 Å². The first-order valence-corrected chi connectivity index (χ1v) is 1.67. The largest absolute Gasteiger partial charge is 0.0683 e. The predicted octanol–water partition coefficient (Wildman–Crippen LogP) is -0.116. The maximum Gasteiger partial charge on any atom is 0 e. The van der Waals surface area contributed by atoms with E-state index in [1.54, 1.807) is 0 Å². The van der Waals surface area contributed by atoms with Crippen molar-refractivity contribution in [2.45, 2.75) is 13.8 Å². The fourth-order valence-electron chi connectivity index (χ4n) is 0. The summed E-state index contributed by atoms with van der Waals surface area (Å²) in [5.74, 6) is 0. The van der Waals surface area contributed by atoms with Gasteiger partial charge in [-0.3, -0.25) is 0 Å². The van der Waals surface area contributed by atoms with E-state index in [2.05, 4.69) is 15.5 Å². The van der Waals surface area contributed by atoms with Crippen LogP contribution >= 0.6 is 0 Å². The Morgan fingerprint density at radius 3 is 1.20 bits per heavy atom. The van der Waals surface area contributed by atoms with Crippen LogP contribution in [0, 0.1) is 0 Å². The van der Waals surface area contributed by atoms with E-state index in [4.69, 9.17) is 0 Å². The smallest absolute Gasteiger partial charge is 0 e. The van der Waals surface area contributed by atoms with Gasteiger partial charge in [-0.25, -0.2) is 0 Å². The first-order valence-electron chi connectivity index (χ1n) is 1.67. The van der Waals surface area contributed by atoms with Crippen LogP contribution < -0.4 is 0 Å². The highest BCUT2D eigenvalue weighted by molar-refractivity contribution is 7.17. The van der Waals surface area contributed by atoms with E-state index in [0.717, 1.165) is 7.06 Å². The summed E-state index contributed by atoms with van der Waals surface area (Å²) < 4.78 is 0. The first kappa shape index (κ1) is 8.96. The summed E-state index contributed by atoms with van der Waals surface area (Å²) in [7, 11) is 10.0. The maximum atomic E-state index is 4.50. The van der Waals surface area contributed by atoms with Gasteiger partial charge in [0.2, 0.25) is 0 Å². The highest BCUT2D eigenvalue weighted by atomic mass is 13.0. The summed E-state index contributed by atoms with van der Waals surface area (Å²) in [5.41, 5.74) is 0. The third kappa shape index (κ3) is 532. The van der Waals surface area contributed by atoms with E-state index in [9.17, 15) is 0 Å². The zero-order chi connectivity index (χ0) is 4.71. The molecule has 0 saturated heterocycles. The van der Waals surface area contributed by atoms with Crippen molar-refractivity contribution in [1.29, 1.82) is 0 Å². The molecule has 0 aliphatic carbocycles. The van der Waals surface area contributed by atoms with Gasteiger partial charge in [0.1, 0.15) is 0 Å². The van der Waals surface area contributed by atoms with Gasteiger partial charge in [-0.2, -0.15) is 0 Å². The van der Waals surface area contributed by atoms with Gasteiger partial charge in [-0.1, -0.05) is 13.8 Å². The van der Waals surface area contributed by atoms with Crippen molar-refractivity contribution in [3.8, 4) is 0 Å². The van der Waals surface area contributed by atoms with Gasteiger partial charge in [0.25, 0.3) is 0 Å². The summed E-state index contributed by atoms with van der Waals surface area (Å²) in [6.45, 7) is 4.00. The van der Waals surface area contributed by atoms with Gasteiger partial charge in [-0.05, 0) is 0 Å². The van der Waals surface area contributed by atoms with E-state index in [1.807, 2.05) is 13.8 Å². The molecule has 0 bridgehead atoms. The predicted molar refractivity (Wildman–Crippen MR) is 28.6 cm³/mol. The van der Waals surface area contributed by atoms with E-state index < -0.39 is 0 Å². The SMILES string of the molecule is CC.[B][B][B]. The Morgan fingerprint density at radius 2 is 1.20 bits per heavy atom. The lowest BCUT2D eigenvalue weighted by Crippen LogP contribution is -1.79. The normalized spacial score (nSPS) is 3.60. The minimum atomic E-state index is 1.00. The van der Waals surface area contributed by atoms with Gasteiger partial charge in [-0.15, -0.1) is 0 Å². The lowest BCUT2D eigenvalue weighted by molar-refractivity contribution is 1.50. The Balaban J connectivity index is 0. The highest BCUT2D eigenvalue weighted by Gasteiger charge is 1.41. The second kappa shape index (κ2) is 30.0. The third-order valence-electron chi connectivity index (χ3n) is 0. The molecule has 0 aromatic rings. The minimum Gasteiger partial charge on any atom is -0.0683 e. The van der Waals surface area contributed by atoms with E-state index >= 15 is 0 Å². The second-order valence-corrected chi connectivity index (χ2v) is 0.192. The van der Waals surface area contributed by atoms with Crippen molar-refractivity contribution in [1.82, 2.24) is 0 Å². The standard InChI is InChI=1S/C2H6.B3/c1-2;1-3-2/h1-2H3;. The molecule has 5 heavy (non-hydrogen) atoms. The van der Waals surface area contributed by atoms with Crippen LogP contribution in [0.4, 0.5) is 0 Å².